The summed E-state index contributed by atoms with van der Waals surface area (Å²) in [4.78, 5) is 11.0. The van der Waals surface area contributed by atoms with Crippen molar-refractivity contribution in [2.45, 2.75) is 109 Å². The Morgan fingerprint density at radius 3 is 1.67 bits per heavy atom. The molecule has 0 aromatic rings. The Bertz CT molecular complexity index is 274. The van der Waals surface area contributed by atoms with Gasteiger partial charge < -0.3 is 10.5 Å². The maximum absolute atomic E-state index is 11.0. The van der Waals surface area contributed by atoms with Crippen molar-refractivity contribution in [3.05, 3.63) is 0 Å². The van der Waals surface area contributed by atoms with Crippen molar-refractivity contribution >= 4 is 17.7 Å². The van der Waals surface area contributed by atoms with E-state index >= 15 is 0 Å². The molecule has 144 valence electrons. The monoisotopic (exact) mass is 359 g/mol. The minimum absolute atomic E-state index is 0.0710. The number of carbonyl (C=O) groups is 1. The van der Waals surface area contributed by atoms with Crippen LogP contribution in [0.3, 0.4) is 0 Å². The first-order valence-corrected chi connectivity index (χ1v) is 11.2. The first kappa shape index (κ1) is 23.8. The summed E-state index contributed by atoms with van der Waals surface area (Å²) in [6, 6.07) is 0. The molecule has 0 aliphatic rings. The molecular formula is C20H41NO2S. The highest BCUT2D eigenvalue weighted by atomic mass is 32.2. The molecule has 2 N–H and O–H groups in total. The van der Waals surface area contributed by atoms with Crippen LogP contribution in [0.4, 0.5) is 0 Å². The number of hydrogen-bond acceptors (Lipinski definition) is 4. The number of unbranched alkanes of at least 4 members (excludes halogenated alkanes) is 12. The second-order valence-corrected chi connectivity index (χ2v) is 8.09. The number of hydrogen-bond donors (Lipinski definition) is 1. The van der Waals surface area contributed by atoms with E-state index in [2.05, 4.69) is 11.7 Å². The van der Waals surface area contributed by atoms with Crippen LogP contribution in [0, 0.1) is 0 Å². The number of esters is 1. The van der Waals surface area contributed by atoms with Crippen LogP contribution in [0.5, 0.6) is 0 Å². The molecule has 0 bridgehead atoms. The fourth-order valence-corrected chi connectivity index (χ4v) is 3.68. The van der Waals surface area contributed by atoms with E-state index in [9.17, 15) is 4.79 Å². The van der Waals surface area contributed by atoms with Crippen LogP contribution < -0.4 is 5.73 Å². The van der Waals surface area contributed by atoms with E-state index in [1.165, 1.54) is 83.5 Å². The molecule has 0 radical (unpaired) electrons. The summed E-state index contributed by atoms with van der Waals surface area (Å²) in [5, 5.41) is 0.345. The van der Waals surface area contributed by atoms with E-state index in [4.69, 9.17) is 5.73 Å². The van der Waals surface area contributed by atoms with E-state index in [0.29, 0.717) is 11.8 Å². The minimum atomic E-state index is -0.0710. The van der Waals surface area contributed by atoms with Crippen molar-refractivity contribution in [1.29, 1.82) is 0 Å². The van der Waals surface area contributed by atoms with Gasteiger partial charge in [-0.05, 0) is 25.0 Å². The van der Waals surface area contributed by atoms with E-state index in [-0.39, 0.29) is 5.97 Å². The van der Waals surface area contributed by atoms with Crippen molar-refractivity contribution in [3.8, 4) is 0 Å². The predicted molar refractivity (Wildman–Crippen MR) is 107 cm³/mol. The Balaban J connectivity index is 3.04. The lowest BCUT2D eigenvalue weighted by atomic mass is 10.0. The van der Waals surface area contributed by atoms with Gasteiger partial charge in [-0.25, -0.2) is 0 Å². The van der Waals surface area contributed by atoms with Gasteiger partial charge in [0, 0.05) is 6.42 Å². The second kappa shape index (κ2) is 19.1. The third kappa shape index (κ3) is 18.1. The summed E-state index contributed by atoms with van der Waals surface area (Å²) in [5.41, 5.74) is 5.89. The smallest absolute Gasteiger partial charge is 0.305 e. The summed E-state index contributed by atoms with van der Waals surface area (Å²) < 4.78 is 4.64. The fraction of sp³-hybridized carbons (Fsp3) is 0.950. The Labute approximate surface area is 154 Å². The molecule has 0 aliphatic carbocycles. The molecule has 0 aromatic heterocycles. The SMILES string of the molecule is CCC(N)SCCCCCCCCCCCCCCCC(=O)OC. The molecule has 0 heterocycles. The molecule has 24 heavy (non-hydrogen) atoms. The highest BCUT2D eigenvalue weighted by Gasteiger charge is 2.00. The zero-order valence-electron chi connectivity index (χ0n) is 16.2. The number of carbonyl (C=O) groups excluding carboxylic acids is 1. The van der Waals surface area contributed by atoms with Gasteiger partial charge in [0.05, 0.1) is 12.5 Å². The number of thioether (sulfide) groups is 1. The van der Waals surface area contributed by atoms with Crippen molar-refractivity contribution in [2.75, 3.05) is 12.9 Å². The van der Waals surface area contributed by atoms with Crippen molar-refractivity contribution in [1.82, 2.24) is 0 Å². The third-order valence-corrected chi connectivity index (χ3v) is 5.77. The Kier molecular flexibility index (Phi) is 18.9. The van der Waals surface area contributed by atoms with Crippen LogP contribution >= 0.6 is 11.8 Å². The zero-order chi connectivity index (χ0) is 17.9. The molecule has 0 fully saturated rings. The summed E-state index contributed by atoms with van der Waals surface area (Å²) in [6.07, 6.45) is 18.8. The van der Waals surface area contributed by atoms with Crippen LogP contribution in [0.15, 0.2) is 0 Å². The minimum Gasteiger partial charge on any atom is -0.469 e. The molecular weight excluding hydrogens is 318 g/mol. The van der Waals surface area contributed by atoms with Gasteiger partial charge in [0.2, 0.25) is 0 Å². The topological polar surface area (TPSA) is 52.3 Å². The maximum atomic E-state index is 11.0. The Hall–Kier alpha value is -0.220. The first-order chi connectivity index (χ1) is 11.7. The number of rotatable bonds is 18. The van der Waals surface area contributed by atoms with Gasteiger partial charge in [0.15, 0.2) is 0 Å². The van der Waals surface area contributed by atoms with E-state index in [1.54, 1.807) is 0 Å². The van der Waals surface area contributed by atoms with Gasteiger partial charge in [0.25, 0.3) is 0 Å². The van der Waals surface area contributed by atoms with Gasteiger partial charge in [-0.1, -0.05) is 77.6 Å². The molecule has 1 unspecified atom stereocenters. The number of nitrogens with two attached hydrogens (primary N) is 1. The average molecular weight is 360 g/mol. The largest absolute Gasteiger partial charge is 0.469 e. The Morgan fingerprint density at radius 1 is 0.833 bits per heavy atom. The summed E-state index contributed by atoms with van der Waals surface area (Å²) in [7, 11) is 1.46. The van der Waals surface area contributed by atoms with Gasteiger partial charge in [-0.2, -0.15) is 0 Å². The standard InChI is InChI=1S/C20H41NO2S/c1-3-19(21)24-18-16-14-12-10-8-6-4-5-7-9-11-13-15-17-20(22)23-2/h19H,3-18,21H2,1-2H3. The van der Waals surface area contributed by atoms with Crippen LogP contribution in [-0.4, -0.2) is 24.2 Å². The lowest BCUT2D eigenvalue weighted by Gasteiger charge is -2.07. The summed E-state index contributed by atoms with van der Waals surface area (Å²) in [5.74, 6) is 1.16. The van der Waals surface area contributed by atoms with E-state index in [1.807, 2.05) is 11.8 Å². The quantitative estimate of drug-likeness (QED) is 0.184. The highest BCUT2D eigenvalue weighted by Crippen LogP contribution is 2.15. The number of methoxy groups -OCH3 is 1. The van der Waals surface area contributed by atoms with Crippen LogP contribution in [0.1, 0.15) is 103 Å². The normalized spacial score (nSPS) is 12.3. The predicted octanol–water partition coefficient (Wildman–Crippen LogP) is 6.05. The van der Waals surface area contributed by atoms with Gasteiger partial charge in [0.1, 0.15) is 0 Å². The first-order valence-electron chi connectivity index (χ1n) is 10.1. The third-order valence-electron chi connectivity index (χ3n) is 4.49. The lowest BCUT2D eigenvalue weighted by Crippen LogP contribution is -2.13. The zero-order valence-corrected chi connectivity index (χ0v) is 17.0. The van der Waals surface area contributed by atoms with Crippen molar-refractivity contribution in [3.63, 3.8) is 0 Å². The van der Waals surface area contributed by atoms with Crippen molar-refractivity contribution < 1.29 is 9.53 Å². The van der Waals surface area contributed by atoms with Gasteiger partial charge in [-0.15, -0.1) is 11.8 Å². The van der Waals surface area contributed by atoms with E-state index in [0.717, 1.165) is 19.3 Å². The van der Waals surface area contributed by atoms with Gasteiger partial charge in [-0.3, -0.25) is 4.79 Å². The molecule has 1 atom stereocenters. The molecule has 4 heteroatoms. The molecule has 0 rings (SSSR count). The molecule has 0 saturated carbocycles. The maximum Gasteiger partial charge on any atom is 0.305 e. The van der Waals surface area contributed by atoms with Crippen LogP contribution in [0.2, 0.25) is 0 Å². The Morgan fingerprint density at radius 2 is 1.25 bits per heavy atom. The molecule has 0 amide bonds. The average Bonchev–Trinajstić information content (AvgIpc) is 2.60. The van der Waals surface area contributed by atoms with Gasteiger partial charge >= 0.3 is 5.97 Å². The number of ether oxygens (including phenoxy) is 1. The van der Waals surface area contributed by atoms with Crippen LogP contribution in [-0.2, 0) is 9.53 Å². The van der Waals surface area contributed by atoms with E-state index < -0.39 is 0 Å². The van der Waals surface area contributed by atoms with Crippen LogP contribution in [0.25, 0.3) is 0 Å². The second-order valence-electron chi connectivity index (χ2n) is 6.74. The summed E-state index contributed by atoms with van der Waals surface area (Å²) in [6.45, 7) is 2.16. The molecule has 0 aromatic carbocycles. The van der Waals surface area contributed by atoms with Crippen molar-refractivity contribution in [2.24, 2.45) is 5.73 Å². The fourth-order valence-electron chi connectivity index (χ4n) is 2.77. The summed E-state index contributed by atoms with van der Waals surface area (Å²) >= 11 is 1.92. The highest BCUT2D eigenvalue weighted by molar-refractivity contribution is 7.99. The molecule has 0 aliphatic heterocycles. The molecule has 3 nitrogen and oxygen atoms in total. The molecule has 0 saturated heterocycles. The lowest BCUT2D eigenvalue weighted by molar-refractivity contribution is -0.140. The molecule has 0 spiro atoms.